The summed E-state index contributed by atoms with van der Waals surface area (Å²) in [6.45, 7) is 3.47. The van der Waals surface area contributed by atoms with Gasteiger partial charge in [0, 0.05) is 37.4 Å². The van der Waals surface area contributed by atoms with Crippen LogP contribution in [-0.2, 0) is 6.42 Å². The van der Waals surface area contributed by atoms with Gasteiger partial charge < -0.3 is 24.6 Å². The maximum absolute atomic E-state index is 12.9. The molecule has 1 unspecified atom stereocenters. The van der Waals surface area contributed by atoms with Crippen molar-refractivity contribution in [3.8, 4) is 11.5 Å². The third-order valence-corrected chi connectivity index (χ3v) is 6.17. The van der Waals surface area contributed by atoms with E-state index in [-0.39, 0.29) is 12.1 Å². The zero-order valence-electron chi connectivity index (χ0n) is 17.9. The standard InChI is InChI=1S/C24H31N3O3/c1-29-19-10-11-23(30-2)20(17-19)22-9-5-15-27(22)24(28)25-13-6-14-26-16-12-18-7-3-4-8-21(18)26/h3-4,7-8,10-11,17,22H,5-6,9,12-16H2,1-2H3,(H,25,28). The summed E-state index contributed by atoms with van der Waals surface area (Å²) in [6.07, 6.45) is 3.96. The Morgan fingerprint density at radius 3 is 2.83 bits per heavy atom. The Bertz CT molecular complexity index is 886. The summed E-state index contributed by atoms with van der Waals surface area (Å²) in [6, 6.07) is 14.4. The molecule has 2 amide bonds. The Kier molecular flexibility index (Phi) is 6.31. The first-order valence-corrected chi connectivity index (χ1v) is 10.8. The van der Waals surface area contributed by atoms with Crippen LogP contribution >= 0.6 is 0 Å². The topological polar surface area (TPSA) is 54.0 Å². The fraction of sp³-hybridized carbons (Fsp3) is 0.458. The predicted molar refractivity (Wildman–Crippen MR) is 119 cm³/mol. The third-order valence-electron chi connectivity index (χ3n) is 6.17. The summed E-state index contributed by atoms with van der Waals surface area (Å²) in [4.78, 5) is 17.3. The number of likely N-dealkylation sites (tertiary alicyclic amines) is 1. The van der Waals surface area contributed by atoms with E-state index in [1.807, 2.05) is 23.1 Å². The van der Waals surface area contributed by atoms with Gasteiger partial charge in [-0.1, -0.05) is 18.2 Å². The number of benzene rings is 2. The van der Waals surface area contributed by atoms with Crippen molar-refractivity contribution in [2.75, 3.05) is 45.3 Å². The highest BCUT2D eigenvalue weighted by atomic mass is 16.5. The molecule has 0 spiro atoms. The lowest BCUT2D eigenvalue weighted by Crippen LogP contribution is -2.40. The van der Waals surface area contributed by atoms with Crippen LogP contribution in [0.25, 0.3) is 0 Å². The summed E-state index contributed by atoms with van der Waals surface area (Å²) < 4.78 is 10.9. The van der Waals surface area contributed by atoms with Gasteiger partial charge in [0.15, 0.2) is 0 Å². The Balaban J connectivity index is 1.32. The summed E-state index contributed by atoms with van der Waals surface area (Å²) >= 11 is 0. The van der Waals surface area contributed by atoms with Gasteiger partial charge in [0.25, 0.3) is 0 Å². The van der Waals surface area contributed by atoms with E-state index < -0.39 is 0 Å². The highest BCUT2D eigenvalue weighted by Gasteiger charge is 2.32. The van der Waals surface area contributed by atoms with Gasteiger partial charge in [-0.2, -0.15) is 0 Å². The molecule has 30 heavy (non-hydrogen) atoms. The molecule has 0 saturated carbocycles. The minimum absolute atomic E-state index is 0.00388. The number of hydrogen-bond donors (Lipinski definition) is 1. The molecule has 2 heterocycles. The molecule has 0 aromatic heterocycles. The Labute approximate surface area is 178 Å². The van der Waals surface area contributed by atoms with Crippen LogP contribution in [0, 0.1) is 0 Å². The quantitative estimate of drug-likeness (QED) is 0.703. The Morgan fingerprint density at radius 1 is 1.13 bits per heavy atom. The van der Waals surface area contributed by atoms with Gasteiger partial charge in [0.2, 0.25) is 0 Å². The van der Waals surface area contributed by atoms with Gasteiger partial charge in [-0.25, -0.2) is 4.79 Å². The maximum atomic E-state index is 12.9. The van der Waals surface area contributed by atoms with Gasteiger partial charge in [0.05, 0.1) is 20.3 Å². The van der Waals surface area contributed by atoms with E-state index in [0.717, 1.165) is 62.4 Å². The van der Waals surface area contributed by atoms with Gasteiger partial charge in [0.1, 0.15) is 11.5 Å². The maximum Gasteiger partial charge on any atom is 0.317 e. The first-order valence-electron chi connectivity index (χ1n) is 10.8. The lowest BCUT2D eigenvalue weighted by Gasteiger charge is -2.27. The number of rotatable bonds is 7. The first-order chi connectivity index (χ1) is 14.7. The number of hydrogen-bond acceptors (Lipinski definition) is 4. The molecule has 1 saturated heterocycles. The van der Waals surface area contributed by atoms with Crippen molar-refractivity contribution in [2.45, 2.75) is 31.7 Å². The van der Waals surface area contributed by atoms with Crippen molar-refractivity contribution >= 4 is 11.7 Å². The minimum Gasteiger partial charge on any atom is -0.497 e. The van der Waals surface area contributed by atoms with Crippen LogP contribution in [0.15, 0.2) is 42.5 Å². The monoisotopic (exact) mass is 409 g/mol. The number of amides is 2. The number of ether oxygens (including phenoxy) is 2. The molecule has 1 N–H and O–H groups in total. The van der Waals surface area contributed by atoms with Crippen LogP contribution in [-0.4, -0.2) is 51.3 Å². The molecule has 6 nitrogen and oxygen atoms in total. The van der Waals surface area contributed by atoms with E-state index in [0.29, 0.717) is 6.54 Å². The molecule has 4 rings (SSSR count). The molecule has 1 atom stereocenters. The smallest absolute Gasteiger partial charge is 0.317 e. The molecule has 0 bridgehead atoms. The van der Waals surface area contributed by atoms with Crippen LogP contribution in [0.2, 0.25) is 0 Å². The summed E-state index contributed by atoms with van der Waals surface area (Å²) in [5, 5.41) is 3.13. The number of nitrogens with one attached hydrogen (secondary N) is 1. The molecular formula is C24H31N3O3. The average molecular weight is 410 g/mol. The third kappa shape index (κ3) is 4.18. The van der Waals surface area contributed by atoms with Crippen molar-refractivity contribution < 1.29 is 14.3 Å². The zero-order chi connectivity index (χ0) is 20.9. The average Bonchev–Trinajstić information content (AvgIpc) is 3.43. The Hall–Kier alpha value is -2.89. The normalized spacial score (nSPS) is 17.7. The predicted octanol–water partition coefficient (Wildman–Crippen LogP) is 4.00. The number of carbonyl (C=O) groups is 1. The SMILES string of the molecule is COc1ccc(OC)c(C2CCCN2C(=O)NCCCN2CCc3ccccc32)c1. The molecule has 0 radical (unpaired) electrons. The molecule has 1 fully saturated rings. The second-order valence-electron chi connectivity index (χ2n) is 7.91. The van der Waals surface area contributed by atoms with Crippen molar-refractivity contribution in [1.29, 1.82) is 0 Å². The number of anilines is 1. The Morgan fingerprint density at radius 2 is 2.00 bits per heavy atom. The molecule has 6 heteroatoms. The van der Waals surface area contributed by atoms with E-state index in [2.05, 4.69) is 34.5 Å². The number of methoxy groups -OCH3 is 2. The molecule has 2 aliphatic heterocycles. The molecule has 0 aliphatic carbocycles. The molecule has 160 valence electrons. The molecule has 2 aliphatic rings. The number of para-hydroxylation sites is 1. The zero-order valence-corrected chi connectivity index (χ0v) is 17.9. The van der Waals surface area contributed by atoms with Crippen molar-refractivity contribution in [3.63, 3.8) is 0 Å². The second kappa shape index (κ2) is 9.28. The van der Waals surface area contributed by atoms with E-state index in [9.17, 15) is 4.79 Å². The van der Waals surface area contributed by atoms with Crippen LogP contribution < -0.4 is 19.7 Å². The van der Waals surface area contributed by atoms with Crippen LogP contribution in [0.3, 0.4) is 0 Å². The van der Waals surface area contributed by atoms with E-state index in [1.54, 1.807) is 14.2 Å². The number of carbonyl (C=O) groups excluding carboxylic acids is 1. The van der Waals surface area contributed by atoms with E-state index >= 15 is 0 Å². The highest BCUT2D eigenvalue weighted by molar-refractivity contribution is 5.75. The summed E-state index contributed by atoms with van der Waals surface area (Å²) in [5.41, 5.74) is 3.78. The highest BCUT2D eigenvalue weighted by Crippen LogP contribution is 2.38. The molecule has 2 aromatic rings. The van der Waals surface area contributed by atoms with Crippen molar-refractivity contribution in [1.82, 2.24) is 10.2 Å². The molecule has 2 aromatic carbocycles. The summed E-state index contributed by atoms with van der Waals surface area (Å²) in [5.74, 6) is 1.58. The fourth-order valence-electron chi connectivity index (χ4n) is 4.64. The second-order valence-corrected chi connectivity index (χ2v) is 7.91. The number of fused-ring (bicyclic) bond motifs is 1. The molecular weight excluding hydrogens is 378 g/mol. The van der Waals surface area contributed by atoms with E-state index in [4.69, 9.17) is 9.47 Å². The van der Waals surface area contributed by atoms with Gasteiger partial charge >= 0.3 is 6.03 Å². The van der Waals surface area contributed by atoms with Crippen LogP contribution in [0.4, 0.5) is 10.5 Å². The first kappa shape index (κ1) is 20.4. The van der Waals surface area contributed by atoms with Gasteiger partial charge in [-0.15, -0.1) is 0 Å². The van der Waals surface area contributed by atoms with Gasteiger partial charge in [-0.05, 0) is 55.5 Å². The van der Waals surface area contributed by atoms with Gasteiger partial charge in [-0.3, -0.25) is 0 Å². The fourth-order valence-corrected chi connectivity index (χ4v) is 4.64. The largest absolute Gasteiger partial charge is 0.497 e. The van der Waals surface area contributed by atoms with Crippen LogP contribution in [0.1, 0.15) is 36.4 Å². The van der Waals surface area contributed by atoms with Crippen molar-refractivity contribution in [2.24, 2.45) is 0 Å². The van der Waals surface area contributed by atoms with Crippen molar-refractivity contribution in [3.05, 3.63) is 53.6 Å². The van der Waals surface area contributed by atoms with Crippen LogP contribution in [0.5, 0.6) is 11.5 Å². The lowest BCUT2D eigenvalue weighted by molar-refractivity contribution is 0.192. The number of urea groups is 1. The lowest BCUT2D eigenvalue weighted by atomic mass is 10.0. The minimum atomic E-state index is 0.00388. The number of nitrogens with zero attached hydrogens (tertiary/aromatic N) is 2. The van der Waals surface area contributed by atoms with E-state index in [1.165, 1.54) is 11.3 Å². The summed E-state index contributed by atoms with van der Waals surface area (Å²) in [7, 11) is 3.32.